The summed E-state index contributed by atoms with van der Waals surface area (Å²) < 4.78 is 24.6. The number of alkyl halides is 1. The lowest BCUT2D eigenvalue weighted by Gasteiger charge is -2.48. The summed E-state index contributed by atoms with van der Waals surface area (Å²) in [5, 5.41) is 0. The molecule has 2 heterocycles. The van der Waals surface area contributed by atoms with Gasteiger partial charge in [-0.2, -0.15) is 0 Å². The normalized spacial score (nSPS) is 42.3. The van der Waals surface area contributed by atoms with Crippen LogP contribution in [0, 0.1) is 5.92 Å². The largest absolute Gasteiger partial charge is 0.378 e. The van der Waals surface area contributed by atoms with Crippen molar-refractivity contribution < 1.29 is 18.7 Å². The Bertz CT molecular complexity index is 365. The maximum absolute atomic E-state index is 13.0. The van der Waals surface area contributed by atoms with Crippen LogP contribution in [0.25, 0.3) is 0 Å². The number of hydrogen-bond donors (Lipinski definition) is 0. The maximum Gasteiger partial charge on any atom is 0.228 e. The average molecular weight is 257 g/mol. The molecule has 3 rings (SSSR count). The molecule has 1 spiro atoms. The Balaban J connectivity index is 1.76. The molecule has 3 atom stereocenters. The van der Waals surface area contributed by atoms with Gasteiger partial charge in [-0.1, -0.05) is 0 Å². The molecule has 2 saturated heterocycles. The lowest BCUT2D eigenvalue weighted by Crippen LogP contribution is -2.61. The second kappa shape index (κ2) is 3.90. The van der Waals surface area contributed by atoms with Gasteiger partial charge in [0, 0.05) is 19.6 Å². The Morgan fingerprint density at radius 2 is 2.11 bits per heavy atom. The summed E-state index contributed by atoms with van der Waals surface area (Å²) >= 11 is 0. The molecule has 0 aromatic carbocycles. The van der Waals surface area contributed by atoms with Crippen LogP contribution < -0.4 is 0 Å². The molecular formula is C13H20FNO3. The van der Waals surface area contributed by atoms with Crippen molar-refractivity contribution in [2.45, 2.75) is 44.1 Å². The summed E-state index contributed by atoms with van der Waals surface area (Å²) in [6.45, 7) is 6.24. The molecule has 1 amide bonds. The van der Waals surface area contributed by atoms with Crippen molar-refractivity contribution in [3.63, 3.8) is 0 Å². The number of rotatable bonds is 1. The van der Waals surface area contributed by atoms with Gasteiger partial charge in [-0.15, -0.1) is 0 Å². The molecule has 1 saturated carbocycles. The first kappa shape index (κ1) is 12.4. The van der Waals surface area contributed by atoms with Crippen molar-refractivity contribution in [3.8, 4) is 0 Å². The number of amides is 1. The summed E-state index contributed by atoms with van der Waals surface area (Å²) in [7, 11) is 0. The van der Waals surface area contributed by atoms with Crippen LogP contribution in [-0.2, 0) is 14.3 Å². The van der Waals surface area contributed by atoms with E-state index in [1.54, 1.807) is 4.90 Å². The Hall–Kier alpha value is -0.680. The number of carbonyl (C=O) groups is 1. The van der Waals surface area contributed by atoms with E-state index in [9.17, 15) is 9.18 Å². The standard InChI is InChI=1S/C13H20FNO3/c1-12(2)6-15(11(16)9-5-10(9)14)7-13(18-12)3-4-17-8-13/h9-10H,3-8H2,1-2H3. The van der Waals surface area contributed by atoms with E-state index in [0.717, 1.165) is 6.42 Å². The van der Waals surface area contributed by atoms with Crippen LogP contribution >= 0.6 is 0 Å². The Kier molecular flexibility index (Phi) is 2.68. The van der Waals surface area contributed by atoms with Crippen molar-refractivity contribution in [1.29, 1.82) is 0 Å². The van der Waals surface area contributed by atoms with Gasteiger partial charge in [0.15, 0.2) is 0 Å². The van der Waals surface area contributed by atoms with Gasteiger partial charge >= 0.3 is 0 Å². The van der Waals surface area contributed by atoms with Gasteiger partial charge < -0.3 is 14.4 Å². The fourth-order valence-electron chi connectivity index (χ4n) is 3.12. The lowest BCUT2D eigenvalue weighted by atomic mass is 9.94. The van der Waals surface area contributed by atoms with Gasteiger partial charge in [0.05, 0.1) is 24.7 Å². The van der Waals surface area contributed by atoms with Crippen LogP contribution in [0.1, 0.15) is 26.7 Å². The molecule has 0 radical (unpaired) electrons. The molecule has 2 aliphatic heterocycles. The van der Waals surface area contributed by atoms with Crippen molar-refractivity contribution in [2.75, 3.05) is 26.3 Å². The molecule has 5 heteroatoms. The Labute approximate surface area is 106 Å². The first-order valence-electron chi connectivity index (χ1n) is 6.62. The monoisotopic (exact) mass is 257 g/mol. The summed E-state index contributed by atoms with van der Waals surface area (Å²) in [6, 6.07) is 0. The summed E-state index contributed by atoms with van der Waals surface area (Å²) in [6.07, 6.45) is 0.267. The first-order chi connectivity index (χ1) is 8.41. The van der Waals surface area contributed by atoms with E-state index in [0.29, 0.717) is 32.7 Å². The molecular weight excluding hydrogens is 237 g/mol. The zero-order chi connectivity index (χ0) is 13.0. The van der Waals surface area contributed by atoms with E-state index in [4.69, 9.17) is 9.47 Å². The maximum atomic E-state index is 13.0. The minimum absolute atomic E-state index is 0.0508. The Morgan fingerprint density at radius 3 is 2.67 bits per heavy atom. The number of halogens is 1. The van der Waals surface area contributed by atoms with Crippen LogP contribution in [-0.4, -0.2) is 54.5 Å². The molecule has 18 heavy (non-hydrogen) atoms. The second-order valence-electron chi connectivity index (χ2n) is 6.40. The van der Waals surface area contributed by atoms with Crippen LogP contribution in [0.15, 0.2) is 0 Å². The van der Waals surface area contributed by atoms with E-state index in [1.807, 2.05) is 13.8 Å². The van der Waals surface area contributed by atoms with Gasteiger partial charge in [-0.05, 0) is 20.3 Å². The van der Waals surface area contributed by atoms with Gasteiger partial charge in [-0.25, -0.2) is 4.39 Å². The van der Waals surface area contributed by atoms with Crippen molar-refractivity contribution in [1.82, 2.24) is 4.90 Å². The third-order valence-electron chi connectivity index (χ3n) is 3.95. The highest BCUT2D eigenvalue weighted by Gasteiger charge is 2.52. The highest BCUT2D eigenvalue weighted by molar-refractivity contribution is 5.82. The van der Waals surface area contributed by atoms with Crippen LogP contribution in [0.4, 0.5) is 4.39 Å². The van der Waals surface area contributed by atoms with Gasteiger partial charge in [-0.3, -0.25) is 4.79 Å². The second-order valence-corrected chi connectivity index (χ2v) is 6.40. The molecule has 1 aliphatic carbocycles. The van der Waals surface area contributed by atoms with Crippen molar-refractivity contribution in [3.05, 3.63) is 0 Å². The van der Waals surface area contributed by atoms with E-state index in [2.05, 4.69) is 0 Å². The van der Waals surface area contributed by atoms with Crippen molar-refractivity contribution >= 4 is 5.91 Å². The molecule has 4 nitrogen and oxygen atoms in total. The number of morpholine rings is 1. The number of carbonyl (C=O) groups excluding carboxylic acids is 1. The number of hydrogen-bond acceptors (Lipinski definition) is 3. The quantitative estimate of drug-likeness (QED) is 0.707. The molecule has 3 unspecified atom stereocenters. The van der Waals surface area contributed by atoms with Crippen LogP contribution in [0.3, 0.4) is 0 Å². The van der Waals surface area contributed by atoms with Gasteiger partial charge in [0.25, 0.3) is 0 Å². The zero-order valence-corrected chi connectivity index (χ0v) is 10.9. The first-order valence-corrected chi connectivity index (χ1v) is 6.62. The average Bonchev–Trinajstić information content (AvgIpc) is 2.83. The third-order valence-corrected chi connectivity index (χ3v) is 3.95. The van der Waals surface area contributed by atoms with Crippen LogP contribution in [0.2, 0.25) is 0 Å². The topological polar surface area (TPSA) is 38.8 Å². The van der Waals surface area contributed by atoms with E-state index >= 15 is 0 Å². The molecule has 0 aromatic heterocycles. The fourth-order valence-corrected chi connectivity index (χ4v) is 3.12. The molecule has 102 valence electrons. The highest BCUT2D eigenvalue weighted by Crippen LogP contribution is 2.39. The van der Waals surface area contributed by atoms with E-state index in [1.165, 1.54) is 0 Å². The molecule has 3 aliphatic rings. The predicted octanol–water partition coefficient (Wildman–Crippen LogP) is 1.14. The number of nitrogens with zero attached hydrogens (tertiary/aromatic N) is 1. The minimum Gasteiger partial charge on any atom is -0.378 e. The fraction of sp³-hybridized carbons (Fsp3) is 0.923. The molecule has 0 bridgehead atoms. The lowest BCUT2D eigenvalue weighted by molar-refractivity contribution is -0.200. The number of ether oxygens (including phenoxy) is 2. The molecule has 3 fully saturated rings. The van der Waals surface area contributed by atoms with Crippen molar-refractivity contribution in [2.24, 2.45) is 5.92 Å². The smallest absolute Gasteiger partial charge is 0.228 e. The van der Waals surface area contributed by atoms with E-state index in [-0.39, 0.29) is 17.1 Å². The zero-order valence-electron chi connectivity index (χ0n) is 10.9. The van der Waals surface area contributed by atoms with Gasteiger partial charge in [0.1, 0.15) is 11.8 Å². The summed E-state index contributed by atoms with van der Waals surface area (Å²) in [4.78, 5) is 14.0. The minimum atomic E-state index is -0.931. The Morgan fingerprint density at radius 1 is 1.39 bits per heavy atom. The van der Waals surface area contributed by atoms with Crippen LogP contribution in [0.5, 0.6) is 0 Å². The summed E-state index contributed by atoms with van der Waals surface area (Å²) in [5.41, 5.74) is -0.763. The predicted molar refractivity (Wildman–Crippen MR) is 62.9 cm³/mol. The van der Waals surface area contributed by atoms with E-state index < -0.39 is 12.1 Å². The SMILES string of the molecule is CC1(C)CN(C(=O)C2CC2F)CC2(CCOC2)O1. The highest BCUT2D eigenvalue weighted by atomic mass is 19.1. The molecule has 0 aromatic rings. The molecule has 0 N–H and O–H groups in total. The summed E-state index contributed by atoms with van der Waals surface area (Å²) in [5.74, 6) is -0.455. The third kappa shape index (κ3) is 2.14. The van der Waals surface area contributed by atoms with Gasteiger partial charge in [0.2, 0.25) is 5.91 Å².